The summed E-state index contributed by atoms with van der Waals surface area (Å²) in [6.07, 6.45) is 0. The van der Waals surface area contributed by atoms with Gasteiger partial charge >= 0.3 is 0 Å². The largest absolute Gasteiger partial charge is 0.208 e. The van der Waals surface area contributed by atoms with E-state index in [1.165, 1.54) is 42.4 Å². The van der Waals surface area contributed by atoms with Crippen molar-refractivity contribution in [1.29, 1.82) is 0 Å². The predicted molar refractivity (Wildman–Crippen MR) is 167 cm³/mol. The lowest BCUT2D eigenvalue weighted by Gasteiger charge is -2.21. The average Bonchev–Trinajstić information content (AvgIpc) is 3.49. The van der Waals surface area contributed by atoms with Crippen LogP contribution in [0.15, 0.2) is 115 Å². The van der Waals surface area contributed by atoms with E-state index in [0.29, 0.717) is 17.5 Å². The molecule has 0 atom stereocenters. The Morgan fingerprint density at radius 1 is 0.500 bits per heavy atom. The van der Waals surface area contributed by atoms with Gasteiger partial charge in [0.2, 0.25) is 0 Å². The van der Waals surface area contributed by atoms with Gasteiger partial charge in [-0.25, -0.2) is 15.0 Å². The molecule has 0 fully saturated rings. The zero-order valence-corrected chi connectivity index (χ0v) is 23.0. The lowest BCUT2D eigenvalue weighted by Crippen LogP contribution is -2.14. The number of fused-ring (bicyclic) bond motifs is 6. The first-order valence-electron chi connectivity index (χ1n) is 13.5. The first-order valence-corrected chi connectivity index (χ1v) is 14.4. The molecule has 2 aromatic heterocycles. The SMILES string of the molecule is CC1(C)c2ccccc2-c2c(-c3nc(-c4ccccc4)nc(-c4ccc5sc6ccccc6c5c4)n3)cccc21. The molecular formula is C36H25N3S. The standard InChI is InChI=1S/C36H25N3S/c1-36(2)28-16-8-6-14-25(28)32-26(15-10-17-29(32)36)35-38-33(22-11-4-3-5-12-22)37-34(39-35)23-19-20-31-27(21-23)24-13-7-9-18-30(24)40-31/h3-21H,1-2H3. The lowest BCUT2D eigenvalue weighted by atomic mass is 9.82. The van der Waals surface area contributed by atoms with Gasteiger partial charge < -0.3 is 0 Å². The van der Waals surface area contributed by atoms with Gasteiger partial charge in [0, 0.05) is 42.3 Å². The van der Waals surface area contributed by atoms with Gasteiger partial charge in [0.15, 0.2) is 17.5 Å². The van der Waals surface area contributed by atoms with Crippen molar-refractivity contribution in [3.05, 3.63) is 126 Å². The van der Waals surface area contributed by atoms with Crippen LogP contribution in [0.4, 0.5) is 0 Å². The number of thiophene rings is 1. The quantitative estimate of drug-likeness (QED) is 0.228. The molecule has 8 rings (SSSR count). The van der Waals surface area contributed by atoms with E-state index in [4.69, 9.17) is 15.0 Å². The topological polar surface area (TPSA) is 38.7 Å². The molecule has 3 nitrogen and oxygen atoms in total. The van der Waals surface area contributed by atoms with Crippen LogP contribution in [0.1, 0.15) is 25.0 Å². The van der Waals surface area contributed by atoms with Crippen LogP contribution in [0, 0.1) is 0 Å². The van der Waals surface area contributed by atoms with Gasteiger partial charge in [0.05, 0.1) is 0 Å². The number of nitrogens with zero attached hydrogens (tertiary/aromatic N) is 3. The average molecular weight is 532 g/mol. The maximum Gasteiger partial charge on any atom is 0.164 e. The Labute approximate surface area is 236 Å². The molecule has 7 aromatic rings. The fourth-order valence-electron chi connectivity index (χ4n) is 6.15. The first kappa shape index (κ1) is 23.2. The Balaban J connectivity index is 1.39. The summed E-state index contributed by atoms with van der Waals surface area (Å²) in [6.45, 7) is 4.60. The molecule has 0 amide bonds. The first-order chi connectivity index (χ1) is 19.6. The Kier molecular flexibility index (Phi) is 5.04. The van der Waals surface area contributed by atoms with E-state index in [1.807, 2.05) is 29.5 Å². The Hall–Kier alpha value is -4.67. The second-order valence-corrected chi connectivity index (χ2v) is 12.0. The molecule has 5 aromatic carbocycles. The summed E-state index contributed by atoms with van der Waals surface area (Å²) in [4.78, 5) is 15.2. The highest BCUT2D eigenvalue weighted by Gasteiger charge is 2.37. The molecule has 0 unspecified atom stereocenters. The van der Waals surface area contributed by atoms with Crippen LogP contribution in [0.2, 0.25) is 0 Å². The van der Waals surface area contributed by atoms with Crippen molar-refractivity contribution in [3.8, 4) is 45.3 Å². The van der Waals surface area contributed by atoms with Crippen LogP contribution in [-0.4, -0.2) is 15.0 Å². The maximum absolute atomic E-state index is 5.15. The summed E-state index contributed by atoms with van der Waals surface area (Å²) in [5.74, 6) is 2.06. The van der Waals surface area contributed by atoms with E-state index in [2.05, 4.69) is 111 Å². The van der Waals surface area contributed by atoms with Crippen LogP contribution >= 0.6 is 11.3 Å². The molecule has 0 radical (unpaired) electrons. The maximum atomic E-state index is 5.15. The van der Waals surface area contributed by atoms with Crippen LogP contribution in [-0.2, 0) is 5.41 Å². The van der Waals surface area contributed by atoms with E-state index in [9.17, 15) is 0 Å². The number of hydrogen-bond acceptors (Lipinski definition) is 4. The molecular weight excluding hydrogens is 506 g/mol. The van der Waals surface area contributed by atoms with Crippen LogP contribution in [0.25, 0.3) is 65.5 Å². The monoisotopic (exact) mass is 531 g/mol. The third kappa shape index (κ3) is 3.46. The zero-order chi connectivity index (χ0) is 26.8. The fraction of sp³-hybridized carbons (Fsp3) is 0.0833. The molecule has 0 N–H and O–H groups in total. The van der Waals surface area contributed by atoms with Gasteiger partial charge in [0.25, 0.3) is 0 Å². The number of benzene rings is 5. The highest BCUT2D eigenvalue weighted by molar-refractivity contribution is 7.25. The molecule has 2 heterocycles. The van der Waals surface area contributed by atoms with Crippen molar-refractivity contribution in [3.63, 3.8) is 0 Å². The molecule has 1 aliphatic carbocycles. The Morgan fingerprint density at radius 2 is 1.15 bits per heavy atom. The van der Waals surface area contributed by atoms with Gasteiger partial charge in [-0.15, -0.1) is 11.3 Å². The molecule has 190 valence electrons. The summed E-state index contributed by atoms with van der Waals surface area (Å²) in [7, 11) is 0. The number of aromatic nitrogens is 3. The molecule has 40 heavy (non-hydrogen) atoms. The van der Waals surface area contributed by atoms with Gasteiger partial charge in [0.1, 0.15) is 0 Å². The summed E-state index contributed by atoms with van der Waals surface area (Å²) < 4.78 is 2.55. The van der Waals surface area contributed by atoms with Crippen molar-refractivity contribution < 1.29 is 0 Å². The summed E-state index contributed by atoms with van der Waals surface area (Å²) in [6, 6.07) is 40.6. The minimum atomic E-state index is -0.0922. The zero-order valence-electron chi connectivity index (χ0n) is 22.2. The Morgan fingerprint density at radius 3 is 2.02 bits per heavy atom. The van der Waals surface area contributed by atoms with Gasteiger partial charge in [-0.3, -0.25) is 0 Å². The smallest absolute Gasteiger partial charge is 0.164 e. The van der Waals surface area contributed by atoms with E-state index in [0.717, 1.165) is 16.7 Å². The molecule has 0 spiro atoms. The molecule has 0 saturated heterocycles. The van der Waals surface area contributed by atoms with Crippen LogP contribution in [0.3, 0.4) is 0 Å². The molecule has 0 bridgehead atoms. The minimum absolute atomic E-state index is 0.0922. The highest BCUT2D eigenvalue weighted by atomic mass is 32.1. The second kappa shape index (κ2) is 8.67. The van der Waals surface area contributed by atoms with E-state index < -0.39 is 0 Å². The van der Waals surface area contributed by atoms with Gasteiger partial charge in [-0.1, -0.05) is 105 Å². The molecule has 0 saturated carbocycles. The summed E-state index contributed by atoms with van der Waals surface area (Å²) in [5.41, 5.74) is 8.04. The van der Waals surface area contributed by atoms with E-state index in [1.54, 1.807) is 0 Å². The second-order valence-electron chi connectivity index (χ2n) is 10.9. The third-order valence-corrected chi connectivity index (χ3v) is 9.30. The summed E-state index contributed by atoms with van der Waals surface area (Å²) >= 11 is 1.82. The van der Waals surface area contributed by atoms with Crippen molar-refractivity contribution in [2.75, 3.05) is 0 Å². The van der Waals surface area contributed by atoms with Gasteiger partial charge in [-0.05, 0) is 46.5 Å². The molecule has 4 heteroatoms. The molecule has 0 aliphatic heterocycles. The lowest BCUT2D eigenvalue weighted by molar-refractivity contribution is 0.660. The van der Waals surface area contributed by atoms with Crippen molar-refractivity contribution in [2.24, 2.45) is 0 Å². The normalized spacial score (nSPS) is 13.4. The van der Waals surface area contributed by atoms with Crippen LogP contribution < -0.4 is 0 Å². The van der Waals surface area contributed by atoms with E-state index >= 15 is 0 Å². The molecule has 1 aliphatic rings. The Bertz CT molecular complexity index is 2090. The summed E-state index contributed by atoms with van der Waals surface area (Å²) in [5, 5.41) is 2.50. The fourth-order valence-corrected chi connectivity index (χ4v) is 7.23. The van der Waals surface area contributed by atoms with Gasteiger partial charge in [-0.2, -0.15) is 0 Å². The van der Waals surface area contributed by atoms with Crippen LogP contribution in [0.5, 0.6) is 0 Å². The van der Waals surface area contributed by atoms with E-state index in [-0.39, 0.29) is 5.41 Å². The van der Waals surface area contributed by atoms with Crippen molar-refractivity contribution >= 4 is 31.5 Å². The number of rotatable bonds is 3. The number of hydrogen-bond donors (Lipinski definition) is 0. The van der Waals surface area contributed by atoms with Crippen molar-refractivity contribution in [1.82, 2.24) is 15.0 Å². The predicted octanol–water partition coefficient (Wildman–Crippen LogP) is 9.55. The van der Waals surface area contributed by atoms with Crippen molar-refractivity contribution in [2.45, 2.75) is 19.3 Å². The third-order valence-electron chi connectivity index (χ3n) is 8.15. The highest BCUT2D eigenvalue weighted by Crippen LogP contribution is 2.51. The minimum Gasteiger partial charge on any atom is -0.208 e.